The van der Waals surface area contributed by atoms with Crippen molar-refractivity contribution in [2.24, 2.45) is 0 Å². The number of hydrogen-bond acceptors (Lipinski definition) is 3. The van der Waals surface area contributed by atoms with E-state index in [4.69, 9.17) is 12.2 Å². The van der Waals surface area contributed by atoms with Crippen LogP contribution < -0.4 is 10.6 Å². The quantitative estimate of drug-likeness (QED) is 0.840. The predicted octanol–water partition coefficient (Wildman–Crippen LogP) is 2.15. The van der Waals surface area contributed by atoms with Crippen LogP contribution in [0.5, 0.6) is 0 Å². The van der Waals surface area contributed by atoms with Crippen LogP contribution in [0.15, 0.2) is 24.3 Å². The van der Waals surface area contributed by atoms with Crippen molar-refractivity contribution in [2.75, 3.05) is 18.4 Å². The van der Waals surface area contributed by atoms with Gasteiger partial charge in [-0.3, -0.25) is 9.59 Å². The van der Waals surface area contributed by atoms with Gasteiger partial charge in [-0.15, -0.1) is 0 Å². The van der Waals surface area contributed by atoms with Crippen LogP contribution in [-0.2, 0) is 4.79 Å². The number of thiocarbonyl (C=S) groups is 1. The molecule has 1 aromatic rings. The molecule has 0 radical (unpaired) electrons. The van der Waals surface area contributed by atoms with Gasteiger partial charge in [0.1, 0.15) is 0 Å². The van der Waals surface area contributed by atoms with E-state index in [0.29, 0.717) is 12.0 Å². The molecule has 0 saturated carbocycles. The molecule has 1 saturated heterocycles. The van der Waals surface area contributed by atoms with Gasteiger partial charge in [0.15, 0.2) is 5.11 Å². The molecule has 1 aliphatic heterocycles. The molecular weight excluding hydrogens is 286 g/mol. The van der Waals surface area contributed by atoms with Gasteiger partial charge in [0, 0.05) is 30.8 Å². The summed E-state index contributed by atoms with van der Waals surface area (Å²) in [5.41, 5.74) is 1.42. The number of rotatable bonds is 3. The summed E-state index contributed by atoms with van der Waals surface area (Å²) in [6, 6.07) is 7.11. The molecule has 1 aromatic carbocycles. The molecule has 2 N–H and O–H groups in total. The Morgan fingerprint density at radius 2 is 1.81 bits per heavy atom. The van der Waals surface area contributed by atoms with Crippen LogP contribution in [0.25, 0.3) is 0 Å². The Balaban J connectivity index is 1.94. The highest BCUT2D eigenvalue weighted by Crippen LogP contribution is 2.15. The Bertz CT molecular complexity index is 536. The van der Waals surface area contributed by atoms with E-state index in [1.807, 2.05) is 4.90 Å². The van der Waals surface area contributed by atoms with Crippen molar-refractivity contribution in [2.45, 2.75) is 26.2 Å². The van der Waals surface area contributed by atoms with E-state index >= 15 is 0 Å². The number of carbonyl (C=O) groups excluding carboxylic acids is 2. The first kappa shape index (κ1) is 15.4. The molecule has 0 aromatic heterocycles. The van der Waals surface area contributed by atoms with Crippen LogP contribution in [0.3, 0.4) is 0 Å². The third kappa shape index (κ3) is 4.26. The fourth-order valence-corrected chi connectivity index (χ4v) is 2.41. The van der Waals surface area contributed by atoms with E-state index < -0.39 is 0 Å². The molecule has 2 amide bonds. The zero-order chi connectivity index (χ0) is 15.2. The van der Waals surface area contributed by atoms with Gasteiger partial charge in [-0.25, -0.2) is 0 Å². The van der Waals surface area contributed by atoms with Gasteiger partial charge in [0.05, 0.1) is 0 Å². The second kappa shape index (κ2) is 7.17. The average Bonchev–Trinajstić information content (AvgIpc) is 3.01. The van der Waals surface area contributed by atoms with Gasteiger partial charge in [0.2, 0.25) is 5.91 Å². The minimum absolute atomic E-state index is 0.0703. The van der Waals surface area contributed by atoms with Gasteiger partial charge < -0.3 is 15.5 Å². The molecule has 2 rings (SSSR count). The van der Waals surface area contributed by atoms with E-state index in [2.05, 4.69) is 10.6 Å². The summed E-state index contributed by atoms with van der Waals surface area (Å²) < 4.78 is 0. The summed E-state index contributed by atoms with van der Waals surface area (Å²) in [5, 5.41) is 5.75. The molecule has 112 valence electrons. The number of anilines is 1. The summed E-state index contributed by atoms with van der Waals surface area (Å²) in [6.07, 6.45) is 2.54. The summed E-state index contributed by atoms with van der Waals surface area (Å²) in [5.74, 6) is -0.0609. The maximum atomic E-state index is 12.2. The fraction of sp³-hybridized carbons (Fsp3) is 0.400. The van der Waals surface area contributed by atoms with E-state index in [0.717, 1.165) is 31.6 Å². The highest BCUT2D eigenvalue weighted by atomic mass is 32.1. The van der Waals surface area contributed by atoms with Crippen molar-refractivity contribution in [1.29, 1.82) is 0 Å². The number of carbonyl (C=O) groups is 2. The van der Waals surface area contributed by atoms with E-state index in [1.54, 1.807) is 31.2 Å². The van der Waals surface area contributed by atoms with Crippen LogP contribution in [0.1, 0.15) is 36.5 Å². The first-order valence-electron chi connectivity index (χ1n) is 7.10. The highest BCUT2D eigenvalue weighted by Gasteiger charge is 2.19. The smallest absolute Gasteiger partial charge is 0.253 e. The minimum Gasteiger partial charge on any atom is -0.339 e. The third-order valence-electron chi connectivity index (χ3n) is 3.36. The number of hydrogen-bond donors (Lipinski definition) is 2. The standard InChI is InChI=1S/C15H19N3O2S/c1-2-13(19)17-15(21)16-12-7-5-11(6-8-12)14(20)18-9-3-4-10-18/h5-8H,2-4,9-10H2,1H3,(H2,16,17,19,21). The Hall–Kier alpha value is -1.95. The second-order valence-corrected chi connectivity index (χ2v) is 5.34. The molecule has 1 heterocycles. The lowest BCUT2D eigenvalue weighted by atomic mass is 10.2. The Morgan fingerprint density at radius 1 is 1.19 bits per heavy atom. The first-order chi connectivity index (χ1) is 10.1. The second-order valence-electron chi connectivity index (χ2n) is 4.93. The zero-order valence-corrected chi connectivity index (χ0v) is 12.8. The van der Waals surface area contributed by atoms with Crippen molar-refractivity contribution >= 4 is 34.8 Å². The summed E-state index contributed by atoms with van der Waals surface area (Å²) in [4.78, 5) is 25.3. The number of benzene rings is 1. The lowest BCUT2D eigenvalue weighted by molar-refractivity contribution is -0.119. The van der Waals surface area contributed by atoms with Gasteiger partial charge in [0.25, 0.3) is 5.91 Å². The fourth-order valence-electron chi connectivity index (χ4n) is 2.18. The number of nitrogens with one attached hydrogen (secondary N) is 2. The maximum absolute atomic E-state index is 12.2. The molecule has 0 unspecified atom stereocenters. The van der Waals surface area contributed by atoms with Crippen molar-refractivity contribution in [3.63, 3.8) is 0 Å². The molecule has 0 spiro atoms. The summed E-state index contributed by atoms with van der Waals surface area (Å²) in [7, 11) is 0. The topological polar surface area (TPSA) is 61.4 Å². The van der Waals surface area contributed by atoms with Crippen LogP contribution >= 0.6 is 12.2 Å². The number of amides is 2. The van der Waals surface area contributed by atoms with Crippen molar-refractivity contribution in [3.8, 4) is 0 Å². The van der Waals surface area contributed by atoms with Gasteiger partial charge in [-0.1, -0.05) is 6.92 Å². The Labute approximate surface area is 129 Å². The molecule has 6 heteroatoms. The molecular formula is C15H19N3O2S. The van der Waals surface area contributed by atoms with Crippen LogP contribution in [0, 0.1) is 0 Å². The monoisotopic (exact) mass is 305 g/mol. The molecule has 0 aliphatic carbocycles. The molecule has 0 atom stereocenters. The van der Waals surface area contributed by atoms with Crippen molar-refractivity contribution in [1.82, 2.24) is 10.2 Å². The first-order valence-corrected chi connectivity index (χ1v) is 7.51. The summed E-state index contributed by atoms with van der Waals surface area (Å²) in [6.45, 7) is 3.44. The third-order valence-corrected chi connectivity index (χ3v) is 3.56. The van der Waals surface area contributed by atoms with Gasteiger partial charge in [-0.2, -0.15) is 0 Å². The Morgan fingerprint density at radius 3 is 2.38 bits per heavy atom. The molecule has 1 aliphatic rings. The lowest BCUT2D eigenvalue weighted by Crippen LogP contribution is -2.33. The number of nitrogens with zero attached hydrogens (tertiary/aromatic N) is 1. The molecule has 1 fully saturated rings. The van der Waals surface area contributed by atoms with Crippen molar-refractivity contribution in [3.05, 3.63) is 29.8 Å². The summed E-state index contributed by atoms with van der Waals surface area (Å²) >= 11 is 5.03. The lowest BCUT2D eigenvalue weighted by Gasteiger charge is -2.15. The van der Waals surface area contributed by atoms with E-state index in [-0.39, 0.29) is 16.9 Å². The normalized spacial score (nSPS) is 13.9. The SMILES string of the molecule is CCC(=O)NC(=S)Nc1ccc(C(=O)N2CCCC2)cc1. The van der Waals surface area contributed by atoms with E-state index in [1.165, 1.54) is 0 Å². The Kier molecular flexibility index (Phi) is 5.27. The molecule has 0 bridgehead atoms. The van der Waals surface area contributed by atoms with Crippen molar-refractivity contribution < 1.29 is 9.59 Å². The number of likely N-dealkylation sites (tertiary alicyclic amines) is 1. The highest BCUT2D eigenvalue weighted by molar-refractivity contribution is 7.80. The largest absolute Gasteiger partial charge is 0.339 e. The van der Waals surface area contributed by atoms with Gasteiger partial charge >= 0.3 is 0 Å². The maximum Gasteiger partial charge on any atom is 0.253 e. The van der Waals surface area contributed by atoms with Crippen LogP contribution in [-0.4, -0.2) is 34.9 Å². The van der Waals surface area contributed by atoms with Crippen LogP contribution in [0.4, 0.5) is 5.69 Å². The van der Waals surface area contributed by atoms with Gasteiger partial charge in [-0.05, 0) is 49.3 Å². The zero-order valence-electron chi connectivity index (χ0n) is 12.0. The molecule has 5 nitrogen and oxygen atoms in total. The minimum atomic E-state index is -0.131. The van der Waals surface area contributed by atoms with E-state index in [9.17, 15) is 9.59 Å². The predicted molar refractivity (Wildman–Crippen MR) is 86.2 cm³/mol. The molecule has 21 heavy (non-hydrogen) atoms. The average molecular weight is 305 g/mol. The van der Waals surface area contributed by atoms with Crippen LogP contribution in [0.2, 0.25) is 0 Å².